The van der Waals surface area contributed by atoms with Crippen molar-refractivity contribution < 1.29 is 22.9 Å². The van der Waals surface area contributed by atoms with Gasteiger partial charge in [0.2, 0.25) is 0 Å². The summed E-state index contributed by atoms with van der Waals surface area (Å²) in [6.07, 6.45) is -4.73. The van der Waals surface area contributed by atoms with Crippen LogP contribution in [0.15, 0.2) is 36.4 Å². The van der Waals surface area contributed by atoms with E-state index in [9.17, 15) is 28.1 Å². The number of hydrazine groups is 1. The van der Waals surface area contributed by atoms with Crippen LogP contribution in [0.3, 0.4) is 0 Å². The fraction of sp³-hybridized carbons (Fsp3) is 0.0714. The number of carbonyl (C=O) groups excluding carboxylic acids is 1. The number of alkyl halides is 3. The van der Waals surface area contributed by atoms with E-state index in [1.54, 1.807) is 0 Å². The number of nitrogens with one attached hydrogen (secondary N) is 2. The smallest absolute Gasteiger partial charge is 0.292 e. The molecule has 132 valence electrons. The fourth-order valence-corrected chi connectivity index (χ4v) is 2.37. The molecule has 0 radical (unpaired) electrons. The van der Waals surface area contributed by atoms with Crippen LogP contribution in [0.25, 0.3) is 0 Å². The highest BCUT2D eigenvalue weighted by atomic mass is 35.5. The van der Waals surface area contributed by atoms with Crippen molar-refractivity contribution >= 4 is 40.5 Å². The second-order valence-corrected chi connectivity index (χ2v) is 5.60. The molecule has 0 saturated carbocycles. The monoisotopic (exact) mass is 393 g/mol. The molecule has 2 N–H and O–H groups in total. The third kappa shape index (κ3) is 4.74. The van der Waals surface area contributed by atoms with Gasteiger partial charge in [-0.3, -0.25) is 25.8 Å². The minimum Gasteiger partial charge on any atom is -0.292 e. The highest BCUT2D eigenvalue weighted by Gasteiger charge is 2.33. The topological polar surface area (TPSA) is 84.3 Å². The predicted molar refractivity (Wildman–Crippen MR) is 85.6 cm³/mol. The van der Waals surface area contributed by atoms with Crippen molar-refractivity contribution in [1.82, 2.24) is 5.43 Å². The van der Waals surface area contributed by atoms with E-state index < -0.39 is 28.3 Å². The first-order valence-electron chi connectivity index (χ1n) is 6.46. The Balaban J connectivity index is 2.22. The number of nitro benzene ring substituents is 1. The molecule has 0 fully saturated rings. The van der Waals surface area contributed by atoms with Gasteiger partial charge in [-0.1, -0.05) is 23.2 Å². The van der Waals surface area contributed by atoms with Gasteiger partial charge >= 0.3 is 6.18 Å². The molecule has 0 saturated heterocycles. The molecule has 0 unspecified atom stereocenters. The molecule has 0 aliphatic rings. The molecule has 11 heteroatoms. The summed E-state index contributed by atoms with van der Waals surface area (Å²) in [5.41, 5.74) is 2.05. The zero-order valence-electron chi connectivity index (χ0n) is 12.0. The highest BCUT2D eigenvalue weighted by molar-refractivity contribution is 6.35. The molecular weight excluding hydrogens is 386 g/mol. The van der Waals surface area contributed by atoms with Crippen LogP contribution in [-0.2, 0) is 6.18 Å². The van der Waals surface area contributed by atoms with Crippen LogP contribution in [0.4, 0.5) is 24.5 Å². The molecule has 2 rings (SSSR count). The van der Waals surface area contributed by atoms with E-state index in [0.29, 0.717) is 12.1 Å². The van der Waals surface area contributed by atoms with Gasteiger partial charge in [0, 0.05) is 21.7 Å². The Morgan fingerprint density at radius 2 is 1.68 bits per heavy atom. The Hall–Kier alpha value is -2.52. The number of nitro groups is 1. The third-order valence-corrected chi connectivity index (χ3v) is 3.39. The van der Waals surface area contributed by atoms with Crippen molar-refractivity contribution in [2.45, 2.75) is 6.18 Å². The maximum atomic E-state index is 12.6. The average molecular weight is 394 g/mol. The molecule has 0 bridgehead atoms. The molecule has 0 spiro atoms. The lowest BCUT2D eigenvalue weighted by Gasteiger charge is -2.11. The van der Waals surface area contributed by atoms with Crippen LogP contribution >= 0.6 is 23.2 Å². The first-order valence-corrected chi connectivity index (χ1v) is 7.21. The highest BCUT2D eigenvalue weighted by Crippen LogP contribution is 2.34. The lowest BCUT2D eigenvalue weighted by atomic mass is 10.1. The van der Waals surface area contributed by atoms with Crippen LogP contribution in [0.1, 0.15) is 15.9 Å². The normalized spacial score (nSPS) is 11.1. The summed E-state index contributed by atoms with van der Waals surface area (Å²) < 4.78 is 37.9. The molecule has 2 aromatic rings. The van der Waals surface area contributed by atoms with E-state index in [-0.39, 0.29) is 21.3 Å². The van der Waals surface area contributed by atoms with Crippen LogP contribution in [0, 0.1) is 10.1 Å². The van der Waals surface area contributed by atoms with Crippen molar-refractivity contribution in [3.63, 3.8) is 0 Å². The molecule has 0 aliphatic carbocycles. The molecule has 0 aliphatic heterocycles. The molecule has 2 aromatic carbocycles. The molecule has 6 nitrogen and oxygen atoms in total. The van der Waals surface area contributed by atoms with E-state index >= 15 is 0 Å². The molecule has 0 atom stereocenters. The SMILES string of the molecule is O=C(NNc1ccc(C(F)(F)F)cc1[N+](=O)[O-])c1cc(Cl)cc(Cl)c1. The number of rotatable bonds is 4. The summed E-state index contributed by atoms with van der Waals surface area (Å²) >= 11 is 11.5. The summed E-state index contributed by atoms with van der Waals surface area (Å²) in [5.74, 6) is -0.737. The zero-order chi connectivity index (χ0) is 18.8. The number of halogens is 5. The second kappa shape index (κ2) is 7.16. The Bertz CT molecular complexity index is 824. The fourth-order valence-electron chi connectivity index (χ4n) is 1.85. The summed E-state index contributed by atoms with van der Waals surface area (Å²) in [4.78, 5) is 21.9. The molecule has 0 heterocycles. The first-order chi connectivity index (χ1) is 11.6. The number of hydrogen-bond acceptors (Lipinski definition) is 4. The maximum Gasteiger partial charge on any atom is 0.416 e. The van der Waals surface area contributed by atoms with Crippen molar-refractivity contribution in [2.24, 2.45) is 0 Å². The minimum atomic E-state index is -4.73. The van der Waals surface area contributed by atoms with Gasteiger partial charge < -0.3 is 0 Å². The van der Waals surface area contributed by atoms with E-state index in [0.717, 1.165) is 6.07 Å². The Labute approximate surface area is 148 Å². The molecule has 0 aromatic heterocycles. The third-order valence-electron chi connectivity index (χ3n) is 2.96. The Morgan fingerprint density at radius 1 is 1.08 bits per heavy atom. The van der Waals surface area contributed by atoms with Crippen molar-refractivity contribution in [3.8, 4) is 0 Å². The van der Waals surface area contributed by atoms with E-state index in [2.05, 4.69) is 10.9 Å². The minimum absolute atomic E-state index is 0.0552. The van der Waals surface area contributed by atoms with Crippen LogP contribution in [0.5, 0.6) is 0 Å². The lowest BCUT2D eigenvalue weighted by Crippen LogP contribution is -2.29. The van der Waals surface area contributed by atoms with E-state index in [4.69, 9.17) is 23.2 Å². The number of amides is 1. The number of carbonyl (C=O) groups is 1. The Morgan fingerprint density at radius 3 is 2.20 bits per heavy atom. The number of hydrogen-bond donors (Lipinski definition) is 2. The lowest BCUT2D eigenvalue weighted by molar-refractivity contribution is -0.384. The number of nitrogens with zero attached hydrogens (tertiary/aromatic N) is 1. The quantitative estimate of drug-likeness (QED) is 0.583. The summed E-state index contributed by atoms with van der Waals surface area (Å²) in [5, 5.41) is 11.3. The number of benzene rings is 2. The first kappa shape index (κ1) is 18.8. The van der Waals surface area contributed by atoms with Gasteiger partial charge in [-0.25, -0.2) is 0 Å². The van der Waals surface area contributed by atoms with Crippen molar-refractivity contribution in [1.29, 1.82) is 0 Å². The van der Waals surface area contributed by atoms with Crippen LogP contribution in [-0.4, -0.2) is 10.8 Å². The summed E-state index contributed by atoms with van der Waals surface area (Å²) in [6, 6.07) is 5.85. The van der Waals surface area contributed by atoms with Crippen molar-refractivity contribution in [3.05, 3.63) is 67.7 Å². The van der Waals surface area contributed by atoms with Gasteiger partial charge in [0.25, 0.3) is 11.6 Å². The number of anilines is 1. The van der Waals surface area contributed by atoms with Gasteiger partial charge in [0.05, 0.1) is 10.5 Å². The zero-order valence-corrected chi connectivity index (χ0v) is 13.5. The van der Waals surface area contributed by atoms with Crippen LogP contribution in [0.2, 0.25) is 10.0 Å². The van der Waals surface area contributed by atoms with Gasteiger partial charge in [-0.05, 0) is 30.3 Å². The van der Waals surface area contributed by atoms with Gasteiger partial charge in [0.1, 0.15) is 5.69 Å². The van der Waals surface area contributed by atoms with Gasteiger partial charge in [-0.15, -0.1) is 0 Å². The average Bonchev–Trinajstić information content (AvgIpc) is 2.50. The predicted octanol–water partition coefficient (Wildman–Crippen LogP) is 4.68. The standard InChI is InChI=1S/C14H8Cl2F3N3O3/c15-9-3-7(4-10(16)6-9)13(23)21-20-11-2-1-8(14(17,18)19)5-12(11)22(24)25/h1-6,20H,(H,21,23). The van der Waals surface area contributed by atoms with Gasteiger partial charge in [-0.2, -0.15) is 13.2 Å². The second-order valence-electron chi connectivity index (χ2n) is 4.72. The maximum absolute atomic E-state index is 12.6. The van der Waals surface area contributed by atoms with Crippen LogP contribution < -0.4 is 10.9 Å². The molecule has 25 heavy (non-hydrogen) atoms. The van der Waals surface area contributed by atoms with E-state index in [1.807, 2.05) is 0 Å². The molecule has 1 amide bonds. The van der Waals surface area contributed by atoms with Gasteiger partial charge in [0.15, 0.2) is 0 Å². The summed E-state index contributed by atoms with van der Waals surface area (Å²) in [7, 11) is 0. The largest absolute Gasteiger partial charge is 0.416 e. The van der Waals surface area contributed by atoms with E-state index in [1.165, 1.54) is 18.2 Å². The van der Waals surface area contributed by atoms with Crippen molar-refractivity contribution in [2.75, 3.05) is 5.43 Å². The summed E-state index contributed by atoms with van der Waals surface area (Å²) in [6.45, 7) is 0. The molecular formula is C14H8Cl2F3N3O3. The Kier molecular flexibility index (Phi) is 5.39.